The Kier molecular flexibility index (Phi) is 7.37. The molecule has 0 bridgehead atoms. The van der Waals surface area contributed by atoms with Crippen LogP contribution in [-0.2, 0) is 29.2 Å². The van der Waals surface area contributed by atoms with E-state index in [1.54, 1.807) is 12.1 Å². The highest BCUT2D eigenvalue weighted by molar-refractivity contribution is 7.89. The molecule has 0 saturated carbocycles. The number of anilines is 1. The van der Waals surface area contributed by atoms with Gasteiger partial charge in [-0.15, -0.1) is 0 Å². The molecule has 43 heavy (non-hydrogen) atoms. The molecule has 0 unspecified atom stereocenters. The van der Waals surface area contributed by atoms with E-state index in [4.69, 9.17) is 5.14 Å². The van der Waals surface area contributed by atoms with Gasteiger partial charge >= 0.3 is 6.18 Å². The van der Waals surface area contributed by atoms with Gasteiger partial charge in [-0.05, 0) is 53.8 Å². The molecule has 2 aliphatic rings. The molecule has 1 aromatic heterocycles. The molecule has 2 aliphatic heterocycles. The van der Waals surface area contributed by atoms with Crippen LogP contribution >= 0.6 is 0 Å². The number of amides is 1. The molecule has 1 atom stereocenters. The molecule has 4 aromatic rings. The number of carbonyl (C=O) groups excluding carboxylic acids is 1. The Morgan fingerprint density at radius 3 is 2.35 bits per heavy atom. The number of fused-ring (bicyclic) bond motifs is 1. The lowest BCUT2D eigenvalue weighted by molar-refractivity contribution is -0.141. The number of likely N-dealkylation sites (tertiary alicyclic amines) is 1. The van der Waals surface area contributed by atoms with Crippen molar-refractivity contribution >= 4 is 21.6 Å². The summed E-state index contributed by atoms with van der Waals surface area (Å²) in [6, 6.07) is 20.3. The van der Waals surface area contributed by atoms with Gasteiger partial charge in [0.2, 0.25) is 10.0 Å². The van der Waals surface area contributed by atoms with Crippen LogP contribution in [0.1, 0.15) is 33.7 Å². The second-order valence-corrected chi connectivity index (χ2v) is 12.2. The number of aliphatic hydroxyl groups excluding tert-OH is 1. The summed E-state index contributed by atoms with van der Waals surface area (Å²) >= 11 is 0. The van der Waals surface area contributed by atoms with Gasteiger partial charge in [0.05, 0.1) is 11.8 Å². The van der Waals surface area contributed by atoms with E-state index in [0.29, 0.717) is 18.8 Å². The average molecular weight is 612 g/mol. The molecule has 3 heterocycles. The first-order valence-electron chi connectivity index (χ1n) is 13.6. The zero-order valence-electron chi connectivity index (χ0n) is 22.8. The van der Waals surface area contributed by atoms with Gasteiger partial charge in [-0.25, -0.2) is 18.2 Å². The first kappa shape index (κ1) is 29.1. The van der Waals surface area contributed by atoms with Crippen LogP contribution in [0.5, 0.6) is 0 Å². The lowest BCUT2D eigenvalue weighted by Crippen LogP contribution is -2.39. The standard InChI is InChI=1S/C30H28F3N5O4S/c31-30(32,33)28-24-14-16-37(29(40)27(24)38(35-28)25-7-3-4-8-26(25)43(34,41)42)21-11-9-19(10-12-21)23-6-2-1-5-20(23)17-36-15-13-22(39)18-36/h1-12,22,39H,13-18H2,(H2,34,41,42)/t22-/m1/s1. The number of sulfonamides is 1. The van der Waals surface area contributed by atoms with Crippen LogP contribution in [0.4, 0.5) is 18.9 Å². The first-order chi connectivity index (χ1) is 20.4. The van der Waals surface area contributed by atoms with Gasteiger partial charge in [0, 0.05) is 37.4 Å². The van der Waals surface area contributed by atoms with E-state index in [1.807, 2.05) is 36.4 Å². The van der Waals surface area contributed by atoms with E-state index >= 15 is 0 Å². The normalized spacial score (nSPS) is 17.8. The molecule has 0 aliphatic carbocycles. The van der Waals surface area contributed by atoms with Crippen molar-refractivity contribution in [2.75, 3.05) is 24.5 Å². The number of rotatable bonds is 6. The molecule has 0 radical (unpaired) electrons. The van der Waals surface area contributed by atoms with Crippen molar-refractivity contribution in [1.82, 2.24) is 14.7 Å². The minimum absolute atomic E-state index is 0.0232. The monoisotopic (exact) mass is 611 g/mol. The third-order valence-corrected chi connectivity index (χ3v) is 8.79. The molecule has 9 nitrogen and oxygen atoms in total. The van der Waals surface area contributed by atoms with Crippen LogP contribution in [0.25, 0.3) is 16.8 Å². The van der Waals surface area contributed by atoms with Crippen LogP contribution in [0, 0.1) is 0 Å². The molecule has 1 saturated heterocycles. The summed E-state index contributed by atoms with van der Waals surface area (Å²) in [5, 5.41) is 18.9. The molecule has 224 valence electrons. The number of aromatic nitrogens is 2. The lowest BCUT2D eigenvalue weighted by atomic mass is 9.98. The smallest absolute Gasteiger partial charge is 0.392 e. The van der Waals surface area contributed by atoms with E-state index in [-0.39, 0.29) is 36.0 Å². The number of aliphatic hydroxyl groups is 1. The van der Waals surface area contributed by atoms with E-state index in [2.05, 4.69) is 10.00 Å². The lowest BCUT2D eigenvalue weighted by Gasteiger charge is -2.28. The molecule has 3 N–H and O–H groups in total. The van der Waals surface area contributed by atoms with E-state index in [1.165, 1.54) is 23.1 Å². The number of nitrogens with zero attached hydrogens (tertiary/aromatic N) is 4. The molecular formula is C30H28F3N5O4S. The van der Waals surface area contributed by atoms with Crippen LogP contribution < -0.4 is 10.0 Å². The van der Waals surface area contributed by atoms with Crippen molar-refractivity contribution < 1.29 is 31.5 Å². The maximum Gasteiger partial charge on any atom is 0.435 e. The molecule has 13 heteroatoms. The summed E-state index contributed by atoms with van der Waals surface area (Å²) in [7, 11) is -4.35. The van der Waals surface area contributed by atoms with E-state index in [0.717, 1.165) is 40.4 Å². The van der Waals surface area contributed by atoms with Crippen LogP contribution in [0.2, 0.25) is 0 Å². The SMILES string of the molecule is NS(=O)(=O)c1ccccc1-n1nc(C(F)(F)F)c2c1C(=O)N(c1ccc(-c3ccccc3CN3CC[C@@H](O)C3)cc1)CC2. The number of β-amino-alcohol motifs (C(OH)–C–C–N with tert-alkyl or cyclic N) is 1. The van der Waals surface area contributed by atoms with Crippen molar-refractivity contribution in [3.8, 4) is 16.8 Å². The summed E-state index contributed by atoms with van der Waals surface area (Å²) in [5.74, 6) is -0.741. The number of hydrogen-bond donors (Lipinski definition) is 2. The predicted octanol–water partition coefficient (Wildman–Crippen LogP) is 3.98. The Hall–Kier alpha value is -4.04. The highest BCUT2D eigenvalue weighted by Gasteiger charge is 2.43. The predicted molar refractivity (Wildman–Crippen MR) is 153 cm³/mol. The first-order valence-corrected chi connectivity index (χ1v) is 15.2. The maximum atomic E-state index is 14.0. The second kappa shape index (κ2) is 10.9. The largest absolute Gasteiger partial charge is 0.435 e. The number of alkyl halides is 3. The fraction of sp³-hybridized carbons (Fsp3) is 0.267. The third-order valence-electron chi connectivity index (χ3n) is 7.83. The van der Waals surface area contributed by atoms with Crippen LogP contribution in [0.3, 0.4) is 0 Å². The highest BCUT2D eigenvalue weighted by Crippen LogP contribution is 2.38. The number of nitrogens with two attached hydrogens (primary N) is 1. The van der Waals surface area contributed by atoms with Crippen LogP contribution in [0.15, 0.2) is 77.7 Å². The quantitative estimate of drug-likeness (QED) is 0.340. The minimum Gasteiger partial charge on any atom is -0.392 e. The zero-order valence-corrected chi connectivity index (χ0v) is 23.6. The summed E-state index contributed by atoms with van der Waals surface area (Å²) in [6.07, 6.45) is -4.60. The summed E-state index contributed by atoms with van der Waals surface area (Å²) in [5.41, 5.74) is 1.31. The number of hydrogen-bond acceptors (Lipinski definition) is 6. The topological polar surface area (TPSA) is 122 Å². The van der Waals surface area contributed by atoms with E-state index in [9.17, 15) is 31.5 Å². The number of benzene rings is 3. The molecule has 3 aromatic carbocycles. The molecular weight excluding hydrogens is 583 g/mol. The van der Waals surface area contributed by atoms with Gasteiger partial charge in [0.1, 0.15) is 10.6 Å². The number of para-hydroxylation sites is 1. The Balaban J connectivity index is 1.36. The molecule has 1 fully saturated rings. The number of primary sulfonamides is 1. The Labute approximate surface area is 246 Å². The van der Waals surface area contributed by atoms with Crippen molar-refractivity contribution in [1.29, 1.82) is 0 Å². The van der Waals surface area contributed by atoms with E-state index < -0.39 is 32.7 Å². The average Bonchev–Trinajstić information content (AvgIpc) is 3.57. The number of carbonyl (C=O) groups is 1. The molecule has 0 spiro atoms. The van der Waals surface area contributed by atoms with Crippen molar-refractivity contribution in [2.24, 2.45) is 5.14 Å². The fourth-order valence-electron chi connectivity index (χ4n) is 5.84. The summed E-state index contributed by atoms with van der Waals surface area (Å²) in [6.45, 7) is 2.07. The number of halogens is 3. The van der Waals surface area contributed by atoms with Gasteiger partial charge in [-0.3, -0.25) is 9.69 Å². The Morgan fingerprint density at radius 2 is 1.67 bits per heavy atom. The van der Waals surface area contributed by atoms with Gasteiger partial charge in [-0.2, -0.15) is 18.3 Å². The van der Waals surface area contributed by atoms with Crippen molar-refractivity contribution in [2.45, 2.75) is 36.6 Å². The fourth-order valence-corrected chi connectivity index (χ4v) is 6.55. The Bertz CT molecular complexity index is 1810. The van der Waals surface area contributed by atoms with Crippen molar-refractivity contribution in [3.63, 3.8) is 0 Å². The summed E-state index contributed by atoms with van der Waals surface area (Å²) in [4.78, 5) is 16.9. The molecule has 6 rings (SSSR count). The third kappa shape index (κ3) is 5.56. The van der Waals surface area contributed by atoms with Gasteiger partial charge in [0.15, 0.2) is 5.69 Å². The van der Waals surface area contributed by atoms with Crippen molar-refractivity contribution in [3.05, 3.63) is 95.3 Å². The minimum atomic E-state index is -4.86. The van der Waals surface area contributed by atoms with Gasteiger partial charge in [0.25, 0.3) is 5.91 Å². The second-order valence-electron chi connectivity index (χ2n) is 10.7. The Morgan fingerprint density at radius 1 is 0.977 bits per heavy atom. The molecule has 1 amide bonds. The highest BCUT2D eigenvalue weighted by atomic mass is 32.2. The van der Waals surface area contributed by atoms with Gasteiger partial charge < -0.3 is 10.0 Å². The maximum absolute atomic E-state index is 14.0. The summed E-state index contributed by atoms with van der Waals surface area (Å²) < 4.78 is 67.3. The van der Waals surface area contributed by atoms with Crippen LogP contribution in [-0.4, -0.2) is 59.9 Å². The zero-order chi connectivity index (χ0) is 30.5. The van der Waals surface area contributed by atoms with Gasteiger partial charge in [-0.1, -0.05) is 48.5 Å².